The second kappa shape index (κ2) is 6.59. The Morgan fingerprint density at radius 3 is 2.63 bits per heavy atom. The van der Waals surface area contributed by atoms with Crippen molar-refractivity contribution in [3.05, 3.63) is 48.2 Å². The molecule has 1 aromatic carbocycles. The summed E-state index contributed by atoms with van der Waals surface area (Å²) in [6, 6.07) is 12.0. The molecule has 0 radical (unpaired) electrons. The Kier molecular flexibility index (Phi) is 4.82. The Morgan fingerprint density at radius 2 is 2.00 bits per heavy atom. The molecule has 0 saturated heterocycles. The van der Waals surface area contributed by atoms with Gasteiger partial charge in [0, 0.05) is 22.7 Å². The Balaban J connectivity index is 2.17. The molecule has 19 heavy (non-hydrogen) atoms. The van der Waals surface area contributed by atoms with Crippen LogP contribution in [0.1, 0.15) is 12.5 Å². The van der Waals surface area contributed by atoms with E-state index in [1.165, 1.54) is 4.90 Å². The summed E-state index contributed by atoms with van der Waals surface area (Å²) in [5.41, 5.74) is 6.87. The molecule has 3 nitrogen and oxygen atoms in total. The van der Waals surface area contributed by atoms with Gasteiger partial charge in [0.05, 0.1) is 0 Å². The summed E-state index contributed by atoms with van der Waals surface area (Å²) >= 11 is 1.71. The van der Waals surface area contributed by atoms with E-state index in [-0.39, 0.29) is 6.04 Å². The number of hydrogen-bond acceptors (Lipinski definition) is 4. The zero-order valence-corrected chi connectivity index (χ0v) is 12.0. The van der Waals surface area contributed by atoms with Gasteiger partial charge in [-0.2, -0.15) is 0 Å². The van der Waals surface area contributed by atoms with Crippen molar-refractivity contribution >= 4 is 11.8 Å². The first-order valence-electron chi connectivity index (χ1n) is 6.20. The number of thioether (sulfide) groups is 1. The fourth-order valence-corrected chi connectivity index (χ4v) is 2.18. The van der Waals surface area contributed by atoms with E-state index in [1.54, 1.807) is 18.0 Å². The monoisotopic (exact) mass is 274 g/mol. The van der Waals surface area contributed by atoms with Crippen molar-refractivity contribution in [3.63, 3.8) is 0 Å². The third kappa shape index (κ3) is 3.98. The number of ether oxygens (including phenoxy) is 1. The molecule has 0 aliphatic heterocycles. The molecule has 2 rings (SSSR count). The van der Waals surface area contributed by atoms with E-state index in [4.69, 9.17) is 10.5 Å². The molecule has 1 aromatic heterocycles. The fraction of sp³-hybridized carbons (Fsp3) is 0.267. The molecule has 4 heteroatoms. The predicted molar refractivity (Wildman–Crippen MR) is 79.9 cm³/mol. The molecule has 100 valence electrons. The van der Waals surface area contributed by atoms with Gasteiger partial charge in [-0.3, -0.25) is 0 Å². The van der Waals surface area contributed by atoms with Gasteiger partial charge >= 0.3 is 0 Å². The average Bonchev–Trinajstić information content (AvgIpc) is 2.41. The third-order valence-corrected chi connectivity index (χ3v) is 3.41. The van der Waals surface area contributed by atoms with Crippen molar-refractivity contribution in [2.45, 2.75) is 24.3 Å². The number of aromatic nitrogens is 1. The highest BCUT2D eigenvalue weighted by Gasteiger charge is 2.08. The van der Waals surface area contributed by atoms with Gasteiger partial charge < -0.3 is 10.5 Å². The van der Waals surface area contributed by atoms with Crippen LogP contribution in [0.3, 0.4) is 0 Å². The topological polar surface area (TPSA) is 48.1 Å². The first-order valence-corrected chi connectivity index (χ1v) is 7.43. The van der Waals surface area contributed by atoms with Crippen LogP contribution in [0.25, 0.3) is 0 Å². The Hall–Kier alpha value is -1.52. The van der Waals surface area contributed by atoms with E-state index in [0.717, 1.165) is 17.7 Å². The molecule has 0 saturated carbocycles. The van der Waals surface area contributed by atoms with Crippen LogP contribution in [0, 0.1) is 0 Å². The van der Waals surface area contributed by atoms with E-state index in [1.807, 2.05) is 43.3 Å². The minimum atomic E-state index is 0.0883. The van der Waals surface area contributed by atoms with Crippen LogP contribution in [0.15, 0.2) is 47.5 Å². The van der Waals surface area contributed by atoms with E-state index in [2.05, 4.69) is 11.2 Å². The smallest absolute Gasteiger partial charge is 0.222 e. The molecule has 0 aliphatic rings. The summed E-state index contributed by atoms with van der Waals surface area (Å²) in [5.74, 6) is 1.43. The van der Waals surface area contributed by atoms with Gasteiger partial charge in [0.1, 0.15) is 5.75 Å². The predicted octanol–water partition coefficient (Wildman–Crippen LogP) is 3.49. The molecule has 0 fully saturated rings. The molecular formula is C15H18N2OS. The van der Waals surface area contributed by atoms with Crippen LogP contribution in [-0.2, 0) is 6.42 Å². The van der Waals surface area contributed by atoms with Crippen LogP contribution in [0.2, 0.25) is 0 Å². The fourth-order valence-electron chi connectivity index (χ4n) is 1.77. The number of benzene rings is 1. The number of pyridine rings is 1. The first kappa shape index (κ1) is 13.9. The van der Waals surface area contributed by atoms with Crippen LogP contribution < -0.4 is 10.5 Å². The van der Waals surface area contributed by atoms with E-state index < -0.39 is 0 Å². The molecule has 2 N–H and O–H groups in total. The van der Waals surface area contributed by atoms with Gasteiger partial charge in [-0.05, 0) is 49.9 Å². The molecule has 0 bridgehead atoms. The second-order valence-corrected chi connectivity index (χ2v) is 5.31. The lowest BCUT2D eigenvalue weighted by atomic mass is 10.1. The Morgan fingerprint density at radius 1 is 1.26 bits per heavy atom. The summed E-state index contributed by atoms with van der Waals surface area (Å²) in [5, 5.41) is 0. The van der Waals surface area contributed by atoms with Gasteiger partial charge in [-0.1, -0.05) is 6.07 Å². The van der Waals surface area contributed by atoms with Gasteiger partial charge in [0.2, 0.25) is 5.88 Å². The maximum absolute atomic E-state index is 5.84. The quantitative estimate of drug-likeness (QED) is 0.848. The summed E-state index contributed by atoms with van der Waals surface area (Å²) < 4.78 is 5.83. The van der Waals surface area contributed by atoms with Gasteiger partial charge in [-0.15, -0.1) is 11.8 Å². The standard InChI is InChI=1S/C15H18N2OS/c1-11(16)10-12-4-3-9-17-15(12)18-13-5-7-14(19-2)8-6-13/h3-9,11H,10,16H2,1-2H3. The molecular weight excluding hydrogens is 256 g/mol. The number of nitrogens with zero attached hydrogens (tertiary/aromatic N) is 1. The van der Waals surface area contributed by atoms with E-state index >= 15 is 0 Å². The lowest BCUT2D eigenvalue weighted by Gasteiger charge is -2.11. The summed E-state index contributed by atoms with van der Waals surface area (Å²) in [7, 11) is 0. The van der Waals surface area contributed by atoms with E-state index in [9.17, 15) is 0 Å². The van der Waals surface area contributed by atoms with Crippen molar-refractivity contribution in [3.8, 4) is 11.6 Å². The first-order chi connectivity index (χ1) is 9.19. The molecule has 2 aromatic rings. The minimum Gasteiger partial charge on any atom is -0.439 e. The number of nitrogens with two attached hydrogens (primary N) is 1. The van der Waals surface area contributed by atoms with Crippen molar-refractivity contribution < 1.29 is 4.74 Å². The third-order valence-electron chi connectivity index (χ3n) is 2.67. The molecule has 0 aliphatic carbocycles. The van der Waals surface area contributed by atoms with Crippen molar-refractivity contribution in [1.82, 2.24) is 4.98 Å². The largest absolute Gasteiger partial charge is 0.439 e. The second-order valence-electron chi connectivity index (χ2n) is 4.43. The summed E-state index contributed by atoms with van der Waals surface area (Å²) in [6.45, 7) is 1.98. The SMILES string of the molecule is CSc1ccc(Oc2ncccc2CC(C)N)cc1. The highest BCUT2D eigenvalue weighted by Crippen LogP contribution is 2.25. The van der Waals surface area contributed by atoms with Crippen molar-refractivity contribution in [2.75, 3.05) is 6.26 Å². The Bertz CT molecular complexity index is 526. The maximum Gasteiger partial charge on any atom is 0.222 e. The molecule has 1 atom stereocenters. The average molecular weight is 274 g/mol. The zero-order chi connectivity index (χ0) is 13.7. The van der Waals surface area contributed by atoms with Crippen molar-refractivity contribution in [2.24, 2.45) is 5.73 Å². The maximum atomic E-state index is 5.84. The molecule has 1 unspecified atom stereocenters. The molecule has 0 amide bonds. The minimum absolute atomic E-state index is 0.0883. The number of rotatable bonds is 5. The van der Waals surface area contributed by atoms with Crippen LogP contribution in [0.5, 0.6) is 11.6 Å². The number of hydrogen-bond donors (Lipinski definition) is 1. The van der Waals surface area contributed by atoms with Crippen LogP contribution >= 0.6 is 11.8 Å². The highest BCUT2D eigenvalue weighted by molar-refractivity contribution is 7.98. The highest BCUT2D eigenvalue weighted by atomic mass is 32.2. The van der Waals surface area contributed by atoms with Gasteiger partial charge in [0.15, 0.2) is 0 Å². The lowest BCUT2D eigenvalue weighted by Crippen LogP contribution is -2.18. The lowest BCUT2D eigenvalue weighted by molar-refractivity contribution is 0.453. The molecule has 0 spiro atoms. The normalized spacial score (nSPS) is 12.2. The van der Waals surface area contributed by atoms with Crippen LogP contribution in [-0.4, -0.2) is 17.3 Å². The van der Waals surface area contributed by atoms with E-state index in [0.29, 0.717) is 5.88 Å². The zero-order valence-electron chi connectivity index (χ0n) is 11.2. The van der Waals surface area contributed by atoms with Gasteiger partial charge in [0.25, 0.3) is 0 Å². The van der Waals surface area contributed by atoms with Gasteiger partial charge in [-0.25, -0.2) is 4.98 Å². The summed E-state index contributed by atoms with van der Waals surface area (Å²) in [6.07, 6.45) is 4.54. The summed E-state index contributed by atoms with van der Waals surface area (Å²) in [4.78, 5) is 5.50. The Labute approximate surface area is 118 Å². The molecule has 1 heterocycles. The van der Waals surface area contributed by atoms with Crippen molar-refractivity contribution in [1.29, 1.82) is 0 Å². The van der Waals surface area contributed by atoms with Crippen LogP contribution in [0.4, 0.5) is 0 Å².